The molecule has 0 amide bonds. The summed E-state index contributed by atoms with van der Waals surface area (Å²) in [5, 5.41) is 10.0. The Hall–Kier alpha value is -1.77. The van der Waals surface area contributed by atoms with E-state index in [1.165, 1.54) is 6.20 Å². The van der Waals surface area contributed by atoms with E-state index < -0.39 is 0 Å². The first-order valence-corrected chi connectivity index (χ1v) is 3.45. The smallest absolute Gasteiger partial charge is 0.141 e. The number of fused-ring (bicyclic) bond motifs is 1. The molecule has 0 atom stereocenters. The molecule has 1 aromatic carbocycles. The molecule has 3 heteroatoms. The fraction of sp³-hybridized carbons (Fsp3) is 0. The van der Waals surface area contributed by atoms with Gasteiger partial charge in [-0.1, -0.05) is 0 Å². The Balaban J connectivity index is 3.02. The van der Waals surface area contributed by atoms with Crippen molar-refractivity contribution in [2.24, 2.45) is 0 Å². The van der Waals surface area contributed by atoms with Crippen LogP contribution in [0.15, 0.2) is 30.4 Å². The Bertz CT molecular complexity index is 467. The molecule has 0 unspecified atom stereocenters. The molecular formula is C9H8N2O. The van der Waals surface area contributed by atoms with E-state index in [4.69, 9.17) is 8.48 Å². The lowest BCUT2D eigenvalue weighted by atomic mass is 10.2. The molecule has 60 valence electrons. The Morgan fingerprint density at radius 2 is 2.33 bits per heavy atom. The molecule has 1 aromatic heterocycles. The van der Waals surface area contributed by atoms with Gasteiger partial charge in [-0.25, -0.2) is 0 Å². The van der Waals surface area contributed by atoms with Crippen LogP contribution in [0.4, 0.5) is 5.69 Å². The summed E-state index contributed by atoms with van der Waals surface area (Å²) in [6.07, 6.45) is 1.50. The number of nitrogen functional groups attached to an aromatic ring is 1. The average molecular weight is 162 g/mol. The van der Waals surface area contributed by atoms with Crippen molar-refractivity contribution in [2.75, 3.05) is 5.73 Å². The maximum absolute atomic E-state index is 9.54. The van der Waals surface area contributed by atoms with Gasteiger partial charge in [0, 0.05) is 17.3 Å². The van der Waals surface area contributed by atoms with Crippen molar-refractivity contribution in [1.82, 2.24) is 4.98 Å². The number of nitrogens with zero attached hydrogens (tertiary/aromatic N) is 1. The SMILES string of the molecule is [2H]c1c([2H])c(O)c2ncccc2c1N. The van der Waals surface area contributed by atoms with Gasteiger partial charge in [0.2, 0.25) is 0 Å². The molecule has 0 spiro atoms. The molecular weight excluding hydrogens is 152 g/mol. The molecule has 3 N–H and O–H groups in total. The Morgan fingerprint density at radius 3 is 3.17 bits per heavy atom. The van der Waals surface area contributed by atoms with E-state index in [2.05, 4.69) is 4.98 Å². The normalized spacial score (nSPS) is 12.7. The first-order valence-electron chi connectivity index (χ1n) is 4.45. The van der Waals surface area contributed by atoms with Gasteiger partial charge < -0.3 is 10.8 Å². The minimum Gasteiger partial charge on any atom is -0.506 e. The van der Waals surface area contributed by atoms with E-state index in [0.29, 0.717) is 5.39 Å². The van der Waals surface area contributed by atoms with Crippen LogP contribution < -0.4 is 5.73 Å². The van der Waals surface area contributed by atoms with E-state index in [0.717, 1.165) is 0 Å². The minimum absolute atomic E-state index is 0.164. The quantitative estimate of drug-likeness (QED) is 0.456. The summed E-state index contributed by atoms with van der Waals surface area (Å²) in [6, 6.07) is 2.88. The molecule has 3 nitrogen and oxygen atoms in total. The predicted octanol–water partition coefficient (Wildman–Crippen LogP) is 1.52. The first kappa shape index (κ1) is 4.98. The van der Waals surface area contributed by atoms with Crippen LogP contribution in [-0.4, -0.2) is 10.1 Å². The fourth-order valence-electron chi connectivity index (χ4n) is 1.06. The molecule has 0 fully saturated rings. The van der Waals surface area contributed by atoms with Crippen molar-refractivity contribution in [3.8, 4) is 5.75 Å². The van der Waals surface area contributed by atoms with Crippen LogP contribution in [-0.2, 0) is 0 Å². The van der Waals surface area contributed by atoms with Gasteiger partial charge >= 0.3 is 0 Å². The third-order valence-electron chi connectivity index (χ3n) is 1.64. The maximum Gasteiger partial charge on any atom is 0.141 e. The lowest BCUT2D eigenvalue weighted by molar-refractivity contribution is 0.480. The first-order chi connectivity index (χ1) is 6.63. The van der Waals surface area contributed by atoms with Gasteiger partial charge in [-0.15, -0.1) is 0 Å². The van der Waals surface area contributed by atoms with Crippen LogP contribution in [0.3, 0.4) is 0 Å². The van der Waals surface area contributed by atoms with Crippen LogP contribution in [0.25, 0.3) is 10.9 Å². The Labute approximate surface area is 72.3 Å². The highest BCUT2D eigenvalue weighted by atomic mass is 16.3. The predicted molar refractivity (Wildman–Crippen MR) is 47.8 cm³/mol. The van der Waals surface area contributed by atoms with E-state index in [1.807, 2.05) is 0 Å². The number of aromatic hydroxyl groups is 1. The highest BCUT2D eigenvalue weighted by molar-refractivity contribution is 5.93. The van der Waals surface area contributed by atoms with Gasteiger partial charge in [0.1, 0.15) is 11.3 Å². The zero-order valence-electron chi connectivity index (χ0n) is 8.20. The monoisotopic (exact) mass is 162 g/mol. The van der Waals surface area contributed by atoms with E-state index >= 15 is 0 Å². The molecule has 2 aromatic rings. The van der Waals surface area contributed by atoms with Gasteiger partial charge in [-0.2, -0.15) is 0 Å². The third-order valence-corrected chi connectivity index (χ3v) is 1.64. The topological polar surface area (TPSA) is 59.1 Å². The fourth-order valence-corrected chi connectivity index (χ4v) is 1.06. The van der Waals surface area contributed by atoms with Gasteiger partial charge in [0.15, 0.2) is 0 Å². The zero-order valence-corrected chi connectivity index (χ0v) is 6.20. The number of benzene rings is 1. The molecule has 0 aliphatic rings. The lowest BCUT2D eigenvalue weighted by Gasteiger charge is -2.01. The number of phenolic OH excluding ortho intramolecular Hbond substituents is 1. The molecule has 0 saturated heterocycles. The number of rotatable bonds is 0. The van der Waals surface area contributed by atoms with Crippen LogP contribution in [0, 0.1) is 0 Å². The number of nitrogens with two attached hydrogens (primary N) is 1. The molecule has 12 heavy (non-hydrogen) atoms. The highest BCUT2D eigenvalue weighted by Crippen LogP contribution is 2.26. The molecule has 1 heterocycles. The number of phenols is 1. The largest absolute Gasteiger partial charge is 0.506 e. The van der Waals surface area contributed by atoms with Crippen LogP contribution in [0.1, 0.15) is 2.74 Å². The zero-order chi connectivity index (χ0) is 10.3. The molecule has 0 aliphatic heterocycles. The van der Waals surface area contributed by atoms with Crippen LogP contribution in [0.5, 0.6) is 5.75 Å². The summed E-state index contributed by atoms with van der Waals surface area (Å²) in [7, 11) is 0. The standard InChI is InChI=1S/C9H8N2O/c10-7-3-4-8(12)9-6(7)2-1-5-11-9/h1-5,12H,10H2/i3D,4D. The Morgan fingerprint density at radius 1 is 1.50 bits per heavy atom. The van der Waals surface area contributed by atoms with Crippen molar-refractivity contribution < 1.29 is 7.85 Å². The molecule has 0 aliphatic carbocycles. The number of anilines is 1. The van der Waals surface area contributed by atoms with E-state index in [-0.39, 0.29) is 29.0 Å². The van der Waals surface area contributed by atoms with Crippen LogP contribution in [0.2, 0.25) is 0 Å². The van der Waals surface area contributed by atoms with Crippen LogP contribution >= 0.6 is 0 Å². The van der Waals surface area contributed by atoms with E-state index in [9.17, 15) is 5.11 Å². The van der Waals surface area contributed by atoms with Gasteiger partial charge in [-0.3, -0.25) is 4.98 Å². The summed E-state index contributed by atoms with van der Waals surface area (Å²) in [6.45, 7) is 0. The summed E-state index contributed by atoms with van der Waals surface area (Å²) < 4.78 is 14.9. The molecule has 0 radical (unpaired) electrons. The molecule has 2 rings (SSSR count). The summed E-state index contributed by atoms with van der Waals surface area (Å²) in [4.78, 5) is 3.91. The lowest BCUT2D eigenvalue weighted by Crippen LogP contribution is -1.87. The molecule has 0 saturated carbocycles. The second-order valence-electron chi connectivity index (χ2n) is 2.41. The highest BCUT2D eigenvalue weighted by Gasteiger charge is 2.01. The Kier molecular flexibility index (Phi) is 0.985. The second kappa shape index (κ2) is 2.37. The molecule has 0 bridgehead atoms. The number of hydrogen-bond donors (Lipinski definition) is 2. The van der Waals surface area contributed by atoms with E-state index in [1.54, 1.807) is 12.1 Å². The maximum atomic E-state index is 9.54. The van der Waals surface area contributed by atoms with Crippen molar-refractivity contribution in [3.05, 3.63) is 30.4 Å². The summed E-state index contributed by atoms with van der Waals surface area (Å²) in [5.41, 5.74) is 6.08. The number of hydrogen-bond acceptors (Lipinski definition) is 3. The summed E-state index contributed by atoms with van der Waals surface area (Å²) >= 11 is 0. The third kappa shape index (κ3) is 0.871. The van der Waals surface area contributed by atoms with Gasteiger partial charge in [0.25, 0.3) is 0 Å². The minimum atomic E-state index is -0.292. The average Bonchev–Trinajstić information content (AvgIpc) is 2.23. The number of pyridine rings is 1. The van der Waals surface area contributed by atoms with Gasteiger partial charge in [-0.05, 0) is 24.2 Å². The second-order valence-corrected chi connectivity index (χ2v) is 2.41. The van der Waals surface area contributed by atoms with Gasteiger partial charge in [0.05, 0.1) is 2.74 Å². The van der Waals surface area contributed by atoms with Crippen molar-refractivity contribution in [2.45, 2.75) is 0 Å². The van der Waals surface area contributed by atoms with Crippen molar-refractivity contribution in [3.63, 3.8) is 0 Å². The number of aromatic nitrogens is 1. The van der Waals surface area contributed by atoms with Crippen molar-refractivity contribution >= 4 is 16.6 Å². The summed E-state index contributed by atoms with van der Waals surface area (Å²) in [5.74, 6) is -0.292. The van der Waals surface area contributed by atoms with Crippen molar-refractivity contribution in [1.29, 1.82) is 0 Å².